The molecular weight excluding hydrogens is 340 g/mol. The van der Waals surface area contributed by atoms with Gasteiger partial charge in [-0.15, -0.1) is 0 Å². The van der Waals surface area contributed by atoms with Crippen LogP contribution >= 0.6 is 27.5 Å². The fourth-order valence-electron chi connectivity index (χ4n) is 1.96. The zero-order valence-corrected chi connectivity index (χ0v) is 13.5. The Balaban J connectivity index is 2.15. The lowest BCUT2D eigenvalue weighted by Crippen LogP contribution is -2.01. The van der Waals surface area contributed by atoms with Crippen LogP contribution in [0.2, 0.25) is 5.02 Å². The lowest BCUT2D eigenvalue weighted by atomic mass is 10.00. The smallest absolute Gasteiger partial charge is 0.104 e. The Hall–Kier alpha value is -0.870. The molecule has 0 aliphatic carbocycles. The molecule has 0 radical (unpaired) electrons. The molecule has 1 N–H and O–H groups in total. The minimum absolute atomic E-state index is 0.635. The summed E-state index contributed by atoms with van der Waals surface area (Å²) in [6.45, 7) is 0.700. The monoisotopic (exact) mass is 354 g/mol. The van der Waals surface area contributed by atoms with Gasteiger partial charge in [-0.3, -0.25) is 0 Å². The first-order chi connectivity index (χ1) is 9.61. The fraction of sp³-hybridized carbons (Fsp3) is 0.250. The summed E-state index contributed by atoms with van der Waals surface area (Å²) in [7, 11) is 1.69. The highest BCUT2D eigenvalue weighted by molar-refractivity contribution is 9.10. The molecular formula is C16H16BrClO2. The molecule has 0 saturated carbocycles. The third kappa shape index (κ3) is 3.83. The van der Waals surface area contributed by atoms with Crippen molar-refractivity contribution in [3.8, 4) is 0 Å². The molecule has 0 spiro atoms. The Morgan fingerprint density at radius 1 is 1.15 bits per heavy atom. The minimum Gasteiger partial charge on any atom is -0.384 e. The molecule has 2 aromatic carbocycles. The van der Waals surface area contributed by atoms with Crippen molar-refractivity contribution in [3.63, 3.8) is 0 Å². The van der Waals surface area contributed by atoms with Gasteiger partial charge in [-0.2, -0.15) is 0 Å². The van der Waals surface area contributed by atoms with Crippen LogP contribution in [0.4, 0.5) is 0 Å². The highest BCUT2D eigenvalue weighted by Crippen LogP contribution is 2.29. The van der Waals surface area contributed by atoms with Crippen molar-refractivity contribution in [2.24, 2.45) is 0 Å². The Morgan fingerprint density at radius 2 is 1.80 bits per heavy atom. The largest absolute Gasteiger partial charge is 0.384 e. The second kappa shape index (κ2) is 7.23. The molecule has 0 fully saturated rings. The first-order valence-corrected chi connectivity index (χ1v) is 7.49. The zero-order chi connectivity index (χ0) is 14.5. The van der Waals surface area contributed by atoms with Gasteiger partial charge in [0.05, 0.1) is 11.6 Å². The van der Waals surface area contributed by atoms with Crippen LogP contribution in [0.1, 0.15) is 22.8 Å². The lowest BCUT2D eigenvalue weighted by Gasteiger charge is -2.13. The van der Waals surface area contributed by atoms with E-state index in [4.69, 9.17) is 16.3 Å². The molecule has 2 aromatic rings. The zero-order valence-electron chi connectivity index (χ0n) is 11.1. The van der Waals surface area contributed by atoms with Crippen LogP contribution in [0.3, 0.4) is 0 Å². The van der Waals surface area contributed by atoms with Crippen LogP contribution in [-0.4, -0.2) is 18.8 Å². The van der Waals surface area contributed by atoms with Gasteiger partial charge >= 0.3 is 0 Å². The predicted octanol–water partition coefficient (Wildman–Crippen LogP) is 4.37. The van der Waals surface area contributed by atoms with Crippen molar-refractivity contribution < 1.29 is 9.84 Å². The van der Waals surface area contributed by atoms with Gasteiger partial charge < -0.3 is 9.84 Å². The van der Waals surface area contributed by atoms with Gasteiger partial charge in [0.15, 0.2) is 0 Å². The van der Waals surface area contributed by atoms with Crippen molar-refractivity contribution in [2.45, 2.75) is 12.5 Å². The van der Waals surface area contributed by atoms with Gasteiger partial charge in [0.25, 0.3) is 0 Å². The Labute approximate surface area is 132 Å². The molecule has 1 atom stereocenters. The minimum atomic E-state index is -0.653. The molecule has 0 amide bonds. The van der Waals surface area contributed by atoms with E-state index >= 15 is 0 Å². The van der Waals surface area contributed by atoms with Crippen molar-refractivity contribution in [1.29, 1.82) is 0 Å². The SMILES string of the molecule is COCCc1ccc(C(O)c2ccc(Cl)c(Br)c2)cc1. The van der Waals surface area contributed by atoms with Crippen molar-refractivity contribution >= 4 is 27.5 Å². The van der Waals surface area contributed by atoms with Gasteiger partial charge in [-0.1, -0.05) is 41.9 Å². The van der Waals surface area contributed by atoms with Gasteiger partial charge in [-0.25, -0.2) is 0 Å². The average Bonchev–Trinajstić information content (AvgIpc) is 2.48. The number of aliphatic hydroxyl groups excluding tert-OH is 1. The van der Waals surface area contributed by atoms with Crippen LogP contribution in [0, 0.1) is 0 Å². The van der Waals surface area contributed by atoms with E-state index in [2.05, 4.69) is 15.9 Å². The van der Waals surface area contributed by atoms with Crippen LogP contribution in [0.15, 0.2) is 46.9 Å². The maximum absolute atomic E-state index is 10.4. The molecule has 2 rings (SSSR count). The number of benzene rings is 2. The summed E-state index contributed by atoms with van der Waals surface area (Å²) in [6, 6.07) is 13.4. The van der Waals surface area contributed by atoms with Crippen LogP contribution in [0.25, 0.3) is 0 Å². The molecule has 2 nitrogen and oxygen atoms in total. The Morgan fingerprint density at radius 3 is 2.40 bits per heavy atom. The highest BCUT2D eigenvalue weighted by atomic mass is 79.9. The molecule has 20 heavy (non-hydrogen) atoms. The molecule has 0 aromatic heterocycles. The number of methoxy groups -OCH3 is 1. The van der Waals surface area contributed by atoms with E-state index in [1.54, 1.807) is 13.2 Å². The third-order valence-corrected chi connectivity index (χ3v) is 4.36. The number of hydrogen-bond donors (Lipinski definition) is 1. The lowest BCUT2D eigenvalue weighted by molar-refractivity contribution is 0.202. The van der Waals surface area contributed by atoms with E-state index in [0.717, 1.165) is 22.0 Å². The van der Waals surface area contributed by atoms with Crippen LogP contribution < -0.4 is 0 Å². The number of aliphatic hydroxyl groups is 1. The molecule has 106 valence electrons. The summed E-state index contributed by atoms with van der Waals surface area (Å²) < 4.78 is 5.83. The van der Waals surface area contributed by atoms with E-state index in [9.17, 15) is 5.11 Å². The van der Waals surface area contributed by atoms with Gasteiger partial charge in [0.2, 0.25) is 0 Å². The van der Waals surface area contributed by atoms with Gasteiger partial charge in [-0.05, 0) is 51.2 Å². The van der Waals surface area contributed by atoms with Crippen molar-refractivity contribution in [1.82, 2.24) is 0 Å². The van der Waals surface area contributed by atoms with E-state index in [1.165, 1.54) is 5.56 Å². The van der Waals surface area contributed by atoms with Crippen molar-refractivity contribution in [3.05, 3.63) is 68.7 Å². The summed E-state index contributed by atoms with van der Waals surface area (Å²) in [5.41, 5.74) is 2.87. The molecule has 4 heteroatoms. The van der Waals surface area contributed by atoms with Crippen molar-refractivity contribution in [2.75, 3.05) is 13.7 Å². The first-order valence-electron chi connectivity index (χ1n) is 6.32. The van der Waals surface area contributed by atoms with E-state index in [0.29, 0.717) is 11.6 Å². The van der Waals surface area contributed by atoms with Gasteiger partial charge in [0.1, 0.15) is 6.10 Å². The van der Waals surface area contributed by atoms with E-state index in [-0.39, 0.29) is 0 Å². The van der Waals surface area contributed by atoms with E-state index < -0.39 is 6.10 Å². The molecule has 0 heterocycles. The number of ether oxygens (including phenoxy) is 1. The third-order valence-electron chi connectivity index (χ3n) is 3.15. The molecule has 1 unspecified atom stereocenters. The van der Waals surface area contributed by atoms with Crippen LogP contribution in [-0.2, 0) is 11.2 Å². The molecule has 0 saturated heterocycles. The van der Waals surface area contributed by atoms with Gasteiger partial charge in [0, 0.05) is 11.6 Å². The maximum Gasteiger partial charge on any atom is 0.104 e. The summed E-state index contributed by atoms with van der Waals surface area (Å²) in [5.74, 6) is 0. The first kappa shape index (κ1) is 15.5. The second-order valence-corrected chi connectivity index (χ2v) is 5.82. The number of halogens is 2. The normalized spacial score (nSPS) is 12.4. The summed E-state index contributed by atoms with van der Waals surface area (Å²) in [5, 5.41) is 11.0. The molecule has 0 aliphatic heterocycles. The standard InChI is InChI=1S/C16H16BrClO2/c1-20-9-8-11-2-4-12(5-3-11)16(19)13-6-7-15(18)14(17)10-13/h2-7,10,16,19H,8-9H2,1H3. The predicted molar refractivity (Wildman–Crippen MR) is 85.2 cm³/mol. The molecule has 0 aliphatic rings. The molecule has 0 bridgehead atoms. The second-order valence-electron chi connectivity index (χ2n) is 4.56. The number of rotatable bonds is 5. The number of hydrogen-bond acceptors (Lipinski definition) is 2. The van der Waals surface area contributed by atoms with Crippen LogP contribution in [0.5, 0.6) is 0 Å². The summed E-state index contributed by atoms with van der Waals surface area (Å²) >= 11 is 9.33. The summed E-state index contributed by atoms with van der Waals surface area (Å²) in [6.07, 6.45) is 0.222. The van der Waals surface area contributed by atoms with E-state index in [1.807, 2.05) is 36.4 Å². The average molecular weight is 356 g/mol. The Bertz CT molecular complexity index is 569. The Kier molecular flexibility index (Phi) is 5.61. The highest BCUT2D eigenvalue weighted by Gasteiger charge is 2.11. The summed E-state index contributed by atoms with van der Waals surface area (Å²) in [4.78, 5) is 0. The fourth-order valence-corrected chi connectivity index (χ4v) is 2.48. The quantitative estimate of drug-likeness (QED) is 0.863. The topological polar surface area (TPSA) is 29.5 Å². The maximum atomic E-state index is 10.4.